The molecule has 7 nitrogen and oxygen atoms in total. The van der Waals surface area contributed by atoms with Crippen molar-refractivity contribution in [1.82, 2.24) is 29.4 Å². The normalized spacial score (nSPS) is 17.8. The number of rotatable bonds is 3. The fraction of sp³-hybridized carbons (Fsp3) is 0.412. The van der Waals surface area contributed by atoms with Crippen LogP contribution in [0.5, 0.6) is 0 Å². The van der Waals surface area contributed by atoms with E-state index < -0.39 is 0 Å². The third-order valence-electron chi connectivity index (χ3n) is 4.77. The maximum atomic E-state index is 13.0. The number of fused-ring (bicyclic) bond motifs is 1. The number of hydrogen-bond donors (Lipinski definition) is 0. The minimum absolute atomic E-state index is 0.000392. The molecule has 3 heterocycles. The molecular weight excluding hydrogens is 304 g/mol. The van der Waals surface area contributed by atoms with Crippen LogP contribution in [-0.4, -0.2) is 48.4 Å². The highest BCUT2D eigenvalue weighted by molar-refractivity contribution is 6.04. The highest BCUT2D eigenvalue weighted by Crippen LogP contribution is 2.26. The molecule has 0 aliphatic carbocycles. The number of carbonyl (C=O) groups is 1. The molecule has 1 atom stereocenters. The molecule has 7 heteroatoms. The standard InChI is InChI=1S/C17H20N6O/c1-3-15-19-18-11-23(15)12-8-9-22(10-12)17(24)16-13-6-4-5-7-14(13)21(2)20-16/h4-7,11-12H,3,8-10H2,1-2H3/t12-/m1/s1. The number of amides is 1. The Bertz CT molecular complexity index is 896. The van der Waals surface area contributed by atoms with Crippen molar-refractivity contribution in [2.24, 2.45) is 7.05 Å². The van der Waals surface area contributed by atoms with Crippen molar-refractivity contribution in [3.8, 4) is 0 Å². The number of likely N-dealkylation sites (tertiary alicyclic amines) is 1. The van der Waals surface area contributed by atoms with Gasteiger partial charge in [-0.1, -0.05) is 25.1 Å². The molecule has 0 N–H and O–H groups in total. The molecule has 1 amide bonds. The molecule has 1 aromatic carbocycles. The van der Waals surface area contributed by atoms with Crippen molar-refractivity contribution in [3.63, 3.8) is 0 Å². The molecule has 4 rings (SSSR count). The van der Waals surface area contributed by atoms with Crippen LogP contribution in [0.15, 0.2) is 30.6 Å². The quantitative estimate of drug-likeness (QED) is 0.737. The molecular formula is C17H20N6O. The van der Waals surface area contributed by atoms with E-state index in [1.165, 1.54) is 0 Å². The Balaban J connectivity index is 1.59. The Morgan fingerprint density at radius 3 is 3.00 bits per heavy atom. The minimum Gasteiger partial charge on any atom is -0.335 e. The van der Waals surface area contributed by atoms with Crippen molar-refractivity contribution in [1.29, 1.82) is 0 Å². The van der Waals surface area contributed by atoms with E-state index in [-0.39, 0.29) is 11.9 Å². The largest absolute Gasteiger partial charge is 0.335 e. The summed E-state index contributed by atoms with van der Waals surface area (Å²) >= 11 is 0. The van der Waals surface area contributed by atoms with Gasteiger partial charge in [0.15, 0.2) is 5.69 Å². The lowest BCUT2D eigenvalue weighted by atomic mass is 10.2. The van der Waals surface area contributed by atoms with Gasteiger partial charge < -0.3 is 9.47 Å². The molecule has 0 spiro atoms. The van der Waals surface area contributed by atoms with E-state index in [2.05, 4.69) is 26.8 Å². The van der Waals surface area contributed by atoms with Gasteiger partial charge in [-0.25, -0.2) is 0 Å². The van der Waals surface area contributed by atoms with E-state index in [4.69, 9.17) is 0 Å². The summed E-state index contributed by atoms with van der Waals surface area (Å²) in [6, 6.07) is 8.09. The summed E-state index contributed by atoms with van der Waals surface area (Å²) in [7, 11) is 1.87. The zero-order valence-corrected chi connectivity index (χ0v) is 13.9. The number of hydrogen-bond acceptors (Lipinski definition) is 4. The lowest BCUT2D eigenvalue weighted by Crippen LogP contribution is -2.29. The summed E-state index contributed by atoms with van der Waals surface area (Å²) in [5, 5.41) is 13.5. The van der Waals surface area contributed by atoms with Gasteiger partial charge in [0.1, 0.15) is 12.2 Å². The molecule has 24 heavy (non-hydrogen) atoms. The first-order chi connectivity index (χ1) is 11.7. The fourth-order valence-corrected chi connectivity index (χ4v) is 3.50. The molecule has 2 aromatic heterocycles. The summed E-state index contributed by atoms with van der Waals surface area (Å²) < 4.78 is 3.87. The van der Waals surface area contributed by atoms with Gasteiger partial charge in [0.2, 0.25) is 0 Å². The number of aromatic nitrogens is 5. The van der Waals surface area contributed by atoms with Crippen LogP contribution in [0.2, 0.25) is 0 Å². The smallest absolute Gasteiger partial charge is 0.275 e. The molecule has 124 valence electrons. The number of carbonyl (C=O) groups excluding carboxylic acids is 1. The Labute approximate surface area is 139 Å². The molecule has 1 aliphatic rings. The van der Waals surface area contributed by atoms with Crippen LogP contribution in [0.4, 0.5) is 0 Å². The van der Waals surface area contributed by atoms with Crippen LogP contribution in [0.3, 0.4) is 0 Å². The average Bonchev–Trinajstić information content (AvgIpc) is 3.32. The summed E-state index contributed by atoms with van der Waals surface area (Å²) in [5.41, 5.74) is 1.51. The highest BCUT2D eigenvalue weighted by Gasteiger charge is 2.31. The van der Waals surface area contributed by atoms with Gasteiger partial charge in [0, 0.05) is 31.9 Å². The van der Waals surface area contributed by atoms with Gasteiger partial charge in [-0.2, -0.15) is 5.10 Å². The van der Waals surface area contributed by atoms with Crippen molar-refractivity contribution >= 4 is 16.8 Å². The molecule has 1 fully saturated rings. The summed E-state index contributed by atoms with van der Waals surface area (Å²) in [6.45, 7) is 3.48. The van der Waals surface area contributed by atoms with Crippen LogP contribution in [-0.2, 0) is 13.5 Å². The second-order valence-corrected chi connectivity index (χ2v) is 6.19. The van der Waals surface area contributed by atoms with Crippen molar-refractivity contribution in [3.05, 3.63) is 42.1 Å². The van der Waals surface area contributed by atoms with Gasteiger partial charge >= 0.3 is 0 Å². The van der Waals surface area contributed by atoms with Gasteiger partial charge in [-0.3, -0.25) is 9.48 Å². The summed E-state index contributed by atoms with van der Waals surface area (Å²) in [6.07, 6.45) is 3.53. The van der Waals surface area contributed by atoms with Crippen molar-refractivity contribution in [2.45, 2.75) is 25.8 Å². The predicted molar refractivity (Wildman–Crippen MR) is 89.7 cm³/mol. The van der Waals surface area contributed by atoms with Crippen LogP contribution in [0.1, 0.15) is 35.7 Å². The SMILES string of the molecule is CCc1nncn1[C@@H]1CCN(C(=O)c2nn(C)c3ccccc23)C1. The predicted octanol–water partition coefficient (Wildman–Crippen LogP) is 1.81. The van der Waals surface area contributed by atoms with E-state index in [1.54, 1.807) is 11.0 Å². The van der Waals surface area contributed by atoms with E-state index >= 15 is 0 Å². The summed E-state index contributed by atoms with van der Waals surface area (Å²) in [5.74, 6) is 0.970. The van der Waals surface area contributed by atoms with Crippen LogP contribution in [0.25, 0.3) is 10.9 Å². The van der Waals surface area contributed by atoms with Crippen molar-refractivity contribution in [2.75, 3.05) is 13.1 Å². The third-order valence-corrected chi connectivity index (χ3v) is 4.77. The number of nitrogens with zero attached hydrogens (tertiary/aromatic N) is 6. The van der Waals surface area contributed by atoms with Crippen molar-refractivity contribution < 1.29 is 4.79 Å². The highest BCUT2D eigenvalue weighted by atomic mass is 16.2. The number of aryl methyl sites for hydroxylation is 2. The minimum atomic E-state index is 0.000392. The van der Waals surface area contributed by atoms with Crippen LogP contribution in [0, 0.1) is 0 Å². The van der Waals surface area contributed by atoms with Crippen LogP contribution >= 0.6 is 0 Å². The molecule has 1 aliphatic heterocycles. The van der Waals surface area contributed by atoms with Crippen LogP contribution < -0.4 is 0 Å². The second kappa shape index (κ2) is 5.74. The average molecular weight is 324 g/mol. The topological polar surface area (TPSA) is 68.8 Å². The monoisotopic (exact) mass is 324 g/mol. The van der Waals surface area contributed by atoms with Gasteiger partial charge in [0.25, 0.3) is 5.91 Å². The molecule has 0 bridgehead atoms. The second-order valence-electron chi connectivity index (χ2n) is 6.19. The van der Waals surface area contributed by atoms with E-state index in [1.807, 2.05) is 36.2 Å². The molecule has 1 saturated heterocycles. The molecule has 3 aromatic rings. The molecule has 0 saturated carbocycles. The first-order valence-corrected chi connectivity index (χ1v) is 8.28. The van der Waals surface area contributed by atoms with Gasteiger partial charge in [-0.15, -0.1) is 10.2 Å². The first-order valence-electron chi connectivity index (χ1n) is 8.28. The Kier molecular flexibility index (Phi) is 3.55. The summed E-state index contributed by atoms with van der Waals surface area (Å²) in [4.78, 5) is 14.8. The zero-order chi connectivity index (χ0) is 16.7. The third kappa shape index (κ3) is 2.28. The number of benzene rings is 1. The maximum absolute atomic E-state index is 13.0. The molecule has 0 radical (unpaired) electrons. The lowest BCUT2D eigenvalue weighted by Gasteiger charge is -2.16. The Morgan fingerprint density at radius 2 is 2.17 bits per heavy atom. The first kappa shape index (κ1) is 14.9. The van der Waals surface area contributed by atoms with E-state index in [0.29, 0.717) is 12.2 Å². The van der Waals surface area contributed by atoms with Gasteiger partial charge in [-0.05, 0) is 12.5 Å². The Hall–Kier alpha value is -2.70. The van der Waals surface area contributed by atoms with E-state index in [9.17, 15) is 4.79 Å². The number of para-hydroxylation sites is 1. The van der Waals surface area contributed by atoms with Gasteiger partial charge in [0.05, 0.1) is 11.6 Å². The lowest BCUT2D eigenvalue weighted by molar-refractivity contribution is 0.0782. The zero-order valence-electron chi connectivity index (χ0n) is 13.9. The Morgan fingerprint density at radius 1 is 1.33 bits per heavy atom. The molecule has 0 unspecified atom stereocenters. The van der Waals surface area contributed by atoms with E-state index in [0.717, 1.165) is 36.1 Å². The maximum Gasteiger partial charge on any atom is 0.275 e. The fourth-order valence-electron chi connectivity index (χ4n) is 3.50.